The molecule has 17 heavy (non-hydrogen) atoms. The molecule has 0 unspecified atom stereocenters. The molecule has 0 spiro atoms. The van der Waals surface area contributed by atoms with Crippen molar-refractivity contribution in [3.8, 4) is 0 Å². The van der Waals surface area contributed by atoms with Crippen LogP contribution in [0.15, 0.2) is 18.5 Å². The summed E-state index contributed by atoms with van der Waals surface area (Å²) in [6.07, 6.45) is 3.85. The average molecular weight is 233 g/mol. The van der Waals surface area contributed by atoms with Crippen molar-refractivity contribution in [1.29, 1.82) is 0 Å². The predicted octanol–water partition coefficient (Wildman–Crippen LogP) is 2.12. The Morgan fingerprint density at radius 2 is 2.18 bits per heavy atom. The molecule has 0 saturated carbocycles. The highest BCUT2D eigenvalue weighted by Crippen LogP contribution is 2.14. The minimum atomic E-state index is 0.401. The smallest absolute Gasteiger partial charge is 0.148 e. The monoisotopic (exact) mass is 233 g/mol. The zero-order valence-corrected chi connectivity index (χ0v) is 10.8. The van der Waals surface area contributed by atoms with Crippen molar-refractivity contribution in [2.45, 2.75) is 33.4 Å². The zero-order chi connectivity index (χ0) is 12.4. The van der Waals surface area contributed by atoms with Crippen LogP contribution in [0.25, 0.3) is 0 Å². The molecule has 92 valence electrons. The first-order valence-corrected chi connectivity index (χ1v) is 5.84. The van der Waals surface area contributed by atoms with E-state index in [1.54, 1.807) is 4.68 Å². The highest BCUT2D eigenvalue weighted by molar-refractivity contribution is 5.34. The third kappa shape index (κ3) is 2.49. The van der Waals surface area contributed by atoms with Gasteiger partial charge in [0.05, 0.1) is 6.20 Å². The van der Waals surface area contributed by atoms with E-state index in [9.17, 15) is 0 Å². The summed E-state index contributed by atoms with van der Waals surface area (Å²) >= 11 is 0. The summed E-state index contributed by atoms with van der Waals surface area (Å²) in [6, 6.07) is 2.36. The maximum absolute atomic E-state index is 4.38. The molecular formula is C12H19N5. The Bertz CT molecular complexity index is 495. The van der Waals surface area contributed by atoms with Crippen molar-refractivity contribution in [2.75, 3.05) is 5.32 Å². The van der Waals surface area contributed by atoms with Crippen LogP contribution in [0.4, 0.5) is 5.82 Å². The number of aryl methyl sites for hydroxylation is 1. The summed E-state index contributed by atoms with van der Waals surface area (Å²) in [5.41, 5.74) is 2.42. The van der Waals surface area contributed by atoms with Gasteiger partial charge in [-0.25, -0.2) is 0 Å². The van der Waals surface area contributed by atoms with E-state index < -0.39 is 0 Å². The maximum atomic E-state index is 4.38. The molecular weight excluding hydrogens is 214 g/mol. The van der Waals surface area contributed by atoms with E-state index in [1.165, 1.54) is 11.3 Å². The van der Waals surface area contributed by atoms with Crippen LogP contribution in [0.5, 0.6) is 0 Å². The fourth-order valence-corrected chi connectivity index (χ4v) is 1.85. The highest BCUT2D eigenvalue weighted by atomic mass is 15.3. The van der Waals surface area contributed by atoms with E-state index >= 15 is 0 Å². The summed E-state index contributed by atoms with van der Waals surface area (Å²) in [7, 11) is 1.91. The van der Waals surface area contributed by atoms with Crippen LogP contribution in [0, 0.1) is 6.92 Å². The Kier molecular flexibility index (Phi) is 3.17. The number of anilines is 1. The fourth-order valence-electron chi connectivity index (χ4n) is 1.85. The van der Waals surface area contributed by atoms with Gasteiger partial charge in [0.2, 0.25) is 0 Å². The lowest BCUT2D eigenvalue weighted by molar-refractivity contribution is 0.518. The van der Waals surface area contributed by atoms with Gasteiger partial charge in [0, 0.05) is 43.2 Å². The number of rotatable bonds is 4. The van der Waals surface area contributed by atoms with E-state index in [2.05, 4.69) is 36.3 Å². The van der Waals surface area contributed by atoms with Gasteiger partial charge in [-0.1, -0.05) is 0 Å². The Labute approximate surface area is 101 Å². The lowest BCUT2D eigenvalue weighted by Gasteiger charge is -2.09. The molecule has 0 amide bonds. The van der Waals surface area contributed by atoms with Crippen LogP contribution >= 0.6 is 0 Å². The largest absolute Gasteiger partial charge is 0.364 e. The normalized spacial score (nSPS) is 11.1. The lowest BCUT2D eigenvalue weighted by Crippen LogP contribution is -2.06. The second kappa shape index (κ2) is 4.61. The van der Waals surface area contributed by atoms with E-state index in [1.807, 2.05) is 30.2 Å². The lowest BCUT2D eigenvalue weighted by atomic mass is 10.2. The van der Waals surface area contributed by atoms with Crippen LogP contribution in [0.3, 0.4) is 0 Å². The summed E-state index contributed by atoms with van der Waals surface area (Å²) in [4.78, 5) is 0. The van der Waals surface area contributed by atoms with Gasteiger partial charge in [-0.05, 0) is 20.8 Å². The fraction of sp³-hybridized carbons (Fsp3) is 0.500. The van der Waals surface area contributed by atoms with Crippen LogP contribution in [-0.2, 0) is 13.6 Å². The first-order valence-electron chi connectivity index (χ1n) is 5.84. The third-order valence-electron chi connectivity index (χ3n) is 2.81. The molecule has 0 radical (unpaired) electrons. The zero-order valence-electron chi connectivity index (χ0n) is 10.8. The molecule has 5 heteroatoms. The number of hydrogen-bond donors (Lipinski definition) is 1. The third-order valence-corrected chi connectivity index (χ3v) is 2.81. The Morgan fingerprint density at radius 1 is 1.41 bits per heavy atom. The van der Waals surface area contributed by atoms with Crippen molar-refractivity contribution < 1.29 is 0 Å². The average Bonchev–Trinajstić information content (AvgIpc) is 2.82. The highest BCUT2D eigenvalue weighted by Gasteiger charge is 2.08. The van der Waals surface area contributed by atoms with Crippen molar-refractivity contribution in [3.05, 3.63) is 29.7 Å². The van der Waals surface area contributed by atoms with Gasteiger partial charge in [0.15, 0.2) is 0 Å². The minimum absolute atomic E-state index is 0.401. The predicted molar refractivity (Wildman–Crippen MR) is 67.9 cm³/mol. The molecule has 2 aromatic heterocycles. The van der Waals surface area contributed by atoms with Crippen LogP contribution in [0.2, 0.25) is 0 Å². The summed E-state index contributed by atoms with van der Waals surface area (Å²) in [5.74, 6) is 0.893. The topological polar surface area (TPSA) is 47.7 Å². The molecule has 0 aromatic carbocycles. The molecule has 0 aliphatic heterocycles. The SMILES string of the molecule is Cc1c(CNc2ccn(C)n2)cnn1C(C)C. The molecule has 2 aromatic rings. The van der Waals surface area contributed by atoms with Gasteiger partial charge in [0.25, 0.3) is 0 Å². The van der Waals surface area contributed by atoms with Crippen LogP contribution < -0.4 is 5.32 Å². The van der Waals surface area contributed by atoms with Crippen LogP contribution in [0.1, 0.15) is 31.1 Å². The van der Waals surface area contributed by atoms with Crippen molar-refractivity contribution in [3.63, 3.8) is 0 Å². The van der Waals surface area contributed by atoms with E-state index in [-0.39, 0.29) is 0 Å². The number of hydrogen-bond acceptors (Lipinski definition) is 3. The van der Waals surface area contributed by atoms with Crippen LogP contribution in [-0.4, -0.2) is 19.6 Å². The Hall–Kier alpha value is -1.78. The summed E-state index contributed by atoms with van der Waals surface area (Å²) in [5, 5.41) is 11.9. The maximum Gasteiger partial charge on any atom is 0.148 e. The molecule has 0 atom stereocenters. The summed E-state index contributed by atoms with van der Waals surface area (Å²) in [6.45, 7) is 7.13. The van der Waals surface area contributed by atoms with Gasteiger partial charge in [-0.15, -0.1) is 0 Å². The number of aromatic nitrogens is 4. The van der Waals surface area contributed by atoms with E-state index in [0.717, 1.165) is 12.4 Å². The molecule has 0 aliphatic carbocycles. The van der Waals surface area contributed by atoms with Crippen molar-refractivity contribution in [1.82, 2.24) is 19.6 Å². The molecule has 2 heterocycles. The van der Waals surface area contributed by atoms with E-state index in [0.29, 0.717) is 6.04 Å². The van der Waals surface area contributed by atoms with E-state index in [4.69, 9.17) is 0 Å². The van der Waals surface area contributed by atoms with Crippen molar-refractivity contribution in [2.24, 2.45) is 7.05 Å². The first kappa shape index (κ1) is 11.7. The first-order chi connectivity index (χ1) is 8.08. The number of nitrogens with zero attached hydrogens (tertiary/aromatic N) is 4. The molecule has 5 nitrogen and oxygen atoms in total. The number of nitrogens with one attached hydrogen (secondary N) is 1. The molecule has 2 rings (SSSR count). The standard InChI is InChI=1S/C12H19N5/c1-9(2)17-10(3)11(8-14-17)7-13-12-5-6-16(4)15-12/h5-6,8-9H,7H2,1-4H3,(H,13,15). The molecule has 0 fully saturated rings. The minimum Gasteiger partial charge on any atom is -0.364 e. The van der Waals surface area contributed by atoms with Gasteiger partial charge in [-0.2, -0.15) is 10.2 Å². The van der Waals surface area contributed by atoms with Gasteiger partial charge in [-0.3, -0.25) is 9.36 Å². The quantitative estimate of drug-likeness (QED) is 0.880. The second-order valence-corrected chi connectivity index (χ2v) is 4.52. The van der Waals surface area contributed by atoms with Gasteiger partial charge >= 0.3 is 0 Å². The summed E-state index contributed by atoms with van der Waals surface area (Å²) < 4.78 is 3.82. The Morgan fingerprint density at radius 3 is 2.71 bits per heavy atom. The van der Waals surface area contributed by atoms with Gasteiger partial charge in [0.1, 0.15) is 5.82 Å². The Balaban J connectivity index is 2.04. The van der Waals surface area contributed by atoms with Gasteiger partial charge < -0.3 is 5.32 Å². The molecule has 0 saturated heterocycles. The molecule has 0 bridgehead atoms. The molecule has 0 aliphatic rings. The second-order valence-electron chi connectivity index (χ2n) is 4.52. The van der Waals surface area contributed by atoms with Crippen molar-refractivity contribution >= 4 is 5.82 Å². The molecule has 1 N–H and O–H groups in total.